The molecule has 0 saturated carbocycles. The molecule has 7 heteroatoms. The van der Waals surface area contributed by atoms with Crippen LogP contribution in [0.5, 0.6) is 0 Å². The molecule has 3 heterocycles. The summed E-state index contributed by atoms with van der Waals surface area (Å²) < 4.78 is 5.46. The van der Waals surface area contributed by atoms with Crippen LogP contribution in [0, 0.1) is 0 Å². The van der Waals surface area contributed by atoms with Crippen LogP contribution >= 0.6 is 0 Å². The molecule has 0 spiro atoms. The van der Waals surface area contributed by atoms with Gasteiger partial charge in [-0.2, -0.15) is 0 Å². The lowest BCUT2D eigenvalue weighted by Crippen LogP contribution is -2.50. The number of carbonyl (C=O) groups excluding carboxylic acids is 2. The zero-order valence-electron chi connectivity index (χ0n) is 15.9. The summed E-state index contributed by atoms with van der Waals surface area (Å²) in [6.07, 6.45) is 4.45. The maximum Gasteiger partial charge on any atom is 0.410 e. The first-order valence-electron chi connectivity index (χ1n) is 9.28. The molecule has 1 aromatic heterocycles. The molecule has 0 N–H and O–H groups in total. The van der Waals surface area contributed by atoms with E-state index in [1.807, 2.05) is 31.7 Å². The van der Waals surface area contributed by atoms with Crippen molar-refractivity contribution in [1.29, 1.82) is 0 Å². The number of likely N-dealkylation sites (tertiary alicyclic amines) is 1. The van der Waals surface area contributed by atoms with Gasteiger partial charge in [0.25, 0.3) is 0 Å². The number of anilines is 1. The molecule has 1 atom stereocenters. The number of carbonyl (C=O) groups is 2. The average molecular weight is 360 g/mol. The SMILES string of the molecule is CC(C)(C)OC(=O)N1CCN(c2ncccc2[C@@H]2CCCN2C=O)CC1. The second-order valence-electron chi connectivity index (χ2n) is 7.87. The van der Waals surface area contributed by atoms with Crippen molar-refractivity contribution in [3.63, 3.8) is 0 Å². The number of amides is 2. The highest BCUT2D eigenvalue weighted by Gasteiger charge is 2.31. The van der Waals surface area contributed by atoms with Crippen LogP contribution in [-0.4, -0.2) is 65.6 Å². The second kappa shape index (κ2) is 7.51. The number of rotatable bonds is 3. The summed E-state index contributed by atoms with van der Waals surface area (Å²) in [7, 11) is 0. The van der Waals surface area contributed by atoms with Gasteiger partial charge in [-0.15, -0.1) is 0 Å². The molecule has 0 radical (unpaired) electrons. The van der Waals surface area contributed by atoms with Gasteiger partial charge in [0.05, 0.1) is 6.04 Å². The summed E-state index contributed by atoms with van der Waals surface area (Å²) in [5, 5.41) is 0. The number of piperazine rings is 1. The lowest BCUT2D eigenvalue weighted by Gasteiger charge is -2.37. The van der Waals surface area contributed by atoms with Gasteiger partial charge in [0.1, 0.15) is 11.4 Å². The minimum Gasteiger partial charge on any atom is -0.444 e. The molecule has 26 heavy (non-hydrogen) atoms. The predicted octanol–water partition coefficient (Wildman–Crippen LogP) is 2.43. The number of hydrogen-bond donors (Lipinski definition) is 0. The molecule has 0 aromatic carbocycles. The van der Waals surface area contributed by atoms with Crippen molar-refractivity contribution < 1.29 is 14.3 Å². The molecule has 0 bridgehead atoms. The third kappa shape index (κ3) is 4.08. The fourth-order valence-corrected chi connectivity index (χ4v) is 3.61. The first-order valence-corrected chi connectivity index (χ1v) is 9.28. The van der Waals surface area contributed by atoms with Gasteiger partial charge in [-0.1, -0.05) is 6.07 Å². The molecule has 1 aromatic rings. The molecule has 2 aliphatic heterocycles. The van der Waals surface area contributed by atoms with Gasteiger partial charge in [-0.05, 0) is 39.7 Å². The fraction of sp³-hybridized carbons (Fsp3) is 0.632. The molecule has 142 valence electrons. The fourth-order valence-electron chi connectivity index (χ4n) is 3.61. The summed E-state index contributed by atoms with van der Waals surface area (Å²) in [6.45, 7) is 9.05. The lowest BCUT2D eigenvalue weighted by molar-refractivity contribution is -0.118. The van der Waals surface area contributed by atoms with Crippen LogP contribution in [0.4, 0.5) is 10.6 Å². The Morgan fingerprint density at radius 2 is 1.96 bits per heavy atom. The average Bonchev–Trinajstić information content (AvgIpc) is 3.09. The van der Waals surface area contributed by atoms with E-state index in [0.29, 0.717) is 26.2 Å². The van der Waals surface area contributed by atoms with Crippen molar-refractivity contribution in [2.45, 2.75) is 45.3 Å². The third-order valence-corrected chi connectivity index (χ3v) is 4.84. The van der Waals surface area contributed by atoms with Gasteiger partial charge in [0.2, 0.25) is 6.41 Å². The molecule has 2 saturated heterocycles. The minimum absolute atomic E-state index is 0.0973. The van der Waals surface area contributed by atoms with Gasteiger partial charge in [-0.3, -0.25) is 4.79 Å². The Morgan fingerprint density at radius 3 is 2.62 bits per heavy atom. The van der Waals surface area contributed by atoms with E-state index in [4.69, 9.17) is 4.74 Å². The van der Waals surface area contributed by atoms with Crippen LogP contribution in [0.25, 0.3) is 0 Å². The van der Waals surface area contributed by atoms with E-state index in [2.05, 4.69) is 16.0 Å². The predicted molar refractivity (Wildman–Crippen MR) is 99.0 cm³/mol. The molecule has 7 nitrogen and oxygen atoms in total. The quantitative estimate of drug-likeness (QED) is 0.775. The second-order valence-corrected chi connectivity index (χ2v) is 7.87. The van der Waals surface area contributed by atoms with E-state index in [1.165, 1.54) is 0 Å². The van der Waals surface area contributed by atoms with E-state index >= 15 is 0 Å². The van der Waals surface area contributed by atoms with Gasteiger partial charge in [-0.25, -0.2) is 9.78 Å². The molecular weight excluding hydrogens is 332 g/mol. The lowest BCUT2D eigenvalue weighted by atomic mass is 10.0. The third-order valence-electron chi connectivity index (χ3n) is 4.84. The smallest absolute Gasteiger partial charge is 0.410 e. The molecule has 2 amide bonds. The maximum atomic E-state index is 12.2. The van der Waals surface area contributed by atoms with E-state index in [9.17, 15) is 9.59 Å². The molecule has 0 aliphatic carbocycles. The van der Waals surface area contributed by atoms with Crippen LogP contribution in [0.15, 0.2) is 18.3 Å². The van der Waals surface area contributed by atoms with Crippen molar-refractivity contribution in [2.75, 3.05) is 37.6 Å². The van der Waals surface area contributed by atoms with Crippen LogP contribution in [-0.2, 0) is 9.53 Å². The van der Waals surface area contributed by atoms with Crippen molar-refractivity contribution in [1.82, 2.24) is 14.8 Å². The molecule has 2 fully saturated rings. The summed E-state index contributed by atoms with van der Waals surface area (Å²) in [4.78, 5) is 34.0. The van der Waals surface area contributed by atoms with Crippen molar-refractivity contribution in [2.24, 2.45) is 0 Å². The maximum absolute atomic E-state index is 12.2. The number of nitrogens with zero attached hydrogens (tertiary/aromatic N) is 4. The Labute approximate surface area is 154 Å². The number of ether oxygens (including phenoxy) is 1. The van der Waals surface area contributed by atoms with Crippen molar-refractivity contribution in [3.8, 4) is 0 Å². The Balaban J connectivity index is 1.69. The van der Waals surface area contributed by atoms with Crippen molar-refractivity contribution in [3.05, 3.63) is 23.9 Å². The standard InChI is InChI=1S/C19H28N4O3/c1-19(2,3)26-18(25)22-12-10-21(11-13-22)17-15(6-4-8-20-17)16-7-5-9-23(16)14-24/h4,6,8,14,16H,5,7,9-13H2,1-3H3/t16-/m0/s1. The Morgan fingerprint density at radius 1 is 1.23 bits per heavy atom. The first kappa shape index (κ1) is 18.5. The van der Waals surface area contributed by atoms with Crippen LogP contribution in [0.3, 0.4) is 0 Å². The van der Waals surface area contributed by atoms with Crippen LogP contribution in [0.2, 0.25) is 0 Å². The summed E-state index contributed by atoms with van der Waals surface area (Å²) >= 11 is 0. The Bertz CT molecular complexity index is 650. The van der Waals surface area contributed by atoms with Crippen molar-refractivity contribution >= 4 is 18.3 Å². The van der Waals surface area contributed by atoms with E-state index < -0.39 is 5.60 Å². The van der Waals surface area contributed by atoms with Gasteiger partial charge in [0.15, 0.2) is 0 Å². The molecule has 0 unspecified atom stereocenters. The largest absolute Gasteiger partial charge is 0.444 e. The number of hydrogen-bond acceptors (Lipinski definition) is 5. The molecule has 2 aliphatic rings. The van der Waals surface area contributed by atoms with E-state index in [1.54, 1.807) is 11.1 Å². The van der Waals surface area contributed by atoms with Crippen LogP contribution < -0.4 is 4.90 Å². The zero-order valence-corrected chi connectivity index (χ0v) is 15.9. The van der Waals surface area contributed by atoms with Gasteiger partial charge < -0.3 is 19.4 Å². The normalized spacial score (nSPS) is 21.0. The van der Waals surface area contributed by atoms with E-state index in [0.717, 1.165) is 37.2 Å². The summed E-state index contributed by atoms with van der Waals surface area (Å²) in [6, 6.07) is 4.09. The van der Waals surface area contributed by atoms with Gasteiger partial charge >= 0.3 is 6.09 Å². The number of aromatic nitrogens is 1. The highest BCUT2D eigenvalue weighted by atomic mass is 16.6. The topological polar surface area (TPSA) is 66.0 Å². The summed E-state index contributed by atoms with van der Waals surface area (Å²) in [5.41, 5.74) is 0.617. The molecule has 3 rings (SSSR count). The van der Waals surface area contributed by atoms with Gasteiger partial charge in [0, 0.05) is 44.5 Å². The number of pyridine rings is 1. The minimum atomic E-state index is -0.483. The molecular formula is C19H28N4O3. The Kier molecular flexibility index (Phi) is 5.34. The first-order chi connectivity index (χ1) is 12.4. The van der Waals surface area contributed by atoms with Crippen LogP contribution in [0.1, 0.15) is 45.2 Å². The monoisotopic (exact) mass is 360 g/mol. The Hall–Kier alpha value is -2.31. The van der Waals surface area contributed by atoms with E-state index in [-0.39, 0.29) is 12.1 Å². The zero-order chi connectivity index (χ0) is 18.7. The summed E-state index contributed by atoms with van der Waals surface area (Å²) in [5.74, 6) is 0.926. The highest BCUT2D eigenvalue weighted by Crippen LogP contribution is 2.35. The highest BCUT2D eigenvalue weighted by molar-refractivity contribution is 5.68.